The van der Waals surface area contributed by atoms with Crippen LogP contribution in [0.3, 0.4) is 0 Å². The first-order valence-electron chi connectivity index (χ1n) is 7.08. The fraction of sp³-hybridized carbons (Fsp3) is 0.118. The quantitative estimate of drug-likeness (QED) is 0.385. The van der Waals surface area contributed by atoms with Gasteiger partial charge in [0.15, 0.2) is 6.54 Å². The van der Waals surface area contributed by atoms with Gasteiger partial charge in [-0.3, -0.25) is 0 Å². The highest BCUT2D eigenvalue weighted by molar-refractivity contribution is 8.03. The predicted octanol–water partition coefficient (Wildman–Crippen LogP) is 1.12. The van der Waals surface area contributed by atoms with Gasteiger partial charge < -0.3 is 28.9 Å². The highest BCUT2D eigenvalue weighted by Gasteiger charge is 2.31. The van der Waals surface area contributed by atoms with Crippen LogP contribution < -0.4 is 33.4 Å². The van der Waals surface area contributed by atoms with E-state index >= 15 is 0 Å². The predicted molar refractivity (Wildman–Crippen MR) is 89.6 cm³/mol. The van der Waals surface area contributed by atoms with Gasteiger partial charge in [0.25, 0.3) is 5.01 Å². The van der Waals surface area contributed by atoms with E-state index in [1.54, 1.807) is 0 Å². The summed E-state index contributed by atoms with van der Waals surface area (Å²) in [6.07, 6.45) is 2.35. The van der Waals surface area contributed by atoms with E-state index in [2.05, 4.69) is 64.1 Å². The molecule has 0 N–H and O–H groups in total. The van der Waals surface area contributed by atoms with Crippen LogP contribution in [0.4, 0.5) is 5.69 Å². The van der Waals surface area contributed by atoms with Crippen LogP contribution in [0.1, 0.15) is 5.01 Å². The second kappa shape index (κ2) is 5.54. The molecule has 5 rings (SSSR count). The summed E-state index contributed by atoms with van der Waals surface area (Å²) in [7, 11) is 0. The molecule has 0 aliphatic carbocycles. The molecule has 0 atom stereocenters. The minimum Gasteiger partial charge on any atom is -1.00 e. The maximum atomic E-state index is 2.45. The van der Waals surface area contributed by atoms with Crippen molar-refractivity contribution in [2.45, 2.75) is 11.4 Å². The van der Waals surface area contributed by atoms with Crippen molar-refractivity contribution in [2.75, 3.05) is 11.4 Å². The smallest absolute Gasteiger partial charge is 0.265 e. The largest absolute Gasteiger partial charge is 1.00 e. The fourth-order valence-electron chi connectivity index (χ4n) is 3.09. The molecule has 0 bridgehead atoms. The number of fused-ring (bicyclic) bond motifs is 6. The number of thioether (sulfide) groups is 1. The van der Waals surface area contributed by atoms with Gasteiger partial charge in [0.1, 0.15) is 4.70 Å². The number of thiazole rings is 1. The molecule has 5 heteroatoms. The summed E-state index contributed by atoms with van der Waals surface area (Å²) in [5.41, 5.74) is 2.71. The average Bonchev–Trinajstić information content (AvgIpc) is 2.98. The molecule has 0 spiro atoms. The molecule has 0 amide bonds. The first-order valence-corrected chi connectivity index (χ1v) is 8.71. The lowest BCUT2D eigenvalue weighted by atomic mass is 10.3. The second-order valence-electron chi connectivity index (χ2n) is 5.26. The molecule has 0 unspecified atom stereocenters. The summed E-state index contributed by atoms with van der Waals surface area (Å²) < 4.78 is 3.83. The van der Waals surface area contributed by atoms with E-state index in [1.165, 1.54) is 30.8 Å². The third kappa shape index (κ3) is 2.10. The van der Waals surface area contributed by atoms with Gasteiger partial charge in [-0.15, -0.1) is 0 Å². The molecular formula is C17H13IN2S2. The van der Waals surface area contributed by atoms with Crippen molar-refractivity contribution in [3.8, 4) is 0 Å². The first kappa shape index (κ1) is 14.5. The highest BCUT2D eigenvalue weighted by atomic mass is 127. The zero-order chi connectivity index (χ0) is 13.8. The number of benzene rings is 2. The summed E-state index contributed by atoms with van der Waals surface area (Å²) in [6.45, 7) is 2.07. The van der Waals surface area contributed by atoms with E-state index in [4.69, 9.17) is 0 Å². The van der Waals surface area contributed by atoms with Crippen molar-refractivity contribution in [1.82, 2.24) is 0 Å². The van der Waals surface area contributed by atoms with Gasteiger partial charge in [-0.05, 0) is 18.2 Å². The van der Waals surface area contributed by atoms with E-state index in [0.717, 1.165) is 13.1 Å². The van der Waals surface area contributed by atoms with Crippen molar-refractivity contribution in [1.29, 1.82) is 0 Å². The Balaban J connectivity index is 0.00000125. The summed E-state index contributed by atoms with van der Waals surface area (Å²) in [5.74, 6) is 0. The van der Waals surface area contributed by atoms with Crippen molar-refractivity contribution in [3.05, 3.63) is 58.6 Å². The van der Waals surface area contributed by atoms with Gasteiger partial charge in [-0.2, -0.15) is 4.57 Å². The number of hydrogen-bond donors (Lipinski definition) is 0. The normalized spacial score (nSPS) is 15.5. The first-order chi connectivity index (χ1) is 10.4. The summed E-state index contributed by atoms with van der Waals surface area (Å²) in [5, 5.41) is 2.71. The van der Waals surface area contributed by atoms with Crippen LogP contribution in [0.2, 0.25) is 0 Å². The maximum Gasteiger partial charge on any atom is 0.265 e. The van der Waals surface area contributed by atoms with E-state index in [0.29, 0.717) is 0 Å². The van der Waals surface area contributed by atoms with Gasteiger partial charge in [0, 0.05) is 11.0 Å². The summed E-state index contributed by atoms with van der Waals surface area (Å²) in [6, 6.07) is 17.4. The number of rotatable bonds is 0. The SMILES string of the molecule is C1=C2Sc3ccccc3N2CC[n+]2c1sc1ccccc12.[I-]. The minimum absolute atomic E-state index is 0. The third-order valence-electron chi connectivity index (χ3n) is 4.07. The minimum atomic E-state index is 0. The molecule has 0 radical (unpaired) electrons. The van der Waals surface area contributed by atoms with E-state index < -0.39 is 0 Å². The van der Waals surface area contributed by atoms with Crippen LogP contribution in [-0.4, -0.2) is 6.54 Å². The molecule has 0 saturated carbocycles. The Morgan fingerprint density at radius 3 is 2.77 bits per heavy atom. The van der Waals surface area contributed by atoms with Crippen LogP contribution in [-0.2, 0) is 6.54 Å². The van der Waals surface area contributed by atoms with Crippen LogP contribution in [0.15, 0.2) is 58.5 Å². The second-order valence-corrected chi connectivity index (χ2v) is 7.39. The number of halogens is 1. The van der Waals surface area contributed by atoms with Gasteiger partial charge in [-0.1, -0.05) is 47.4 Å². The number of para-hydroxylation sites is 2. The van der Waals surface area contributed by atoms with Crippen molar-refractivity contribution < 1.29 is 28.5 Å². The molecule has 22 heavy (non-hydrogen) atoms. The Morgan fingerprint density at radius 2 is 1.82 bits per heavy atom. The molecule has 0 saturated heterocycles. The number of hydrogen-bond acceptors (Lipinski definition) is 3. The lowest BCUT2D eigenvalue weighted by Gasteiger charge is -2.16. The molecule has 3 aromatic rings. The fourth-order valence-corrected chi connectivity index (χ4v) is 5.41. The number of aromatic nitrogens is 1. The van der Waals surface area contributed by atoms with E-state index in [-0.39, 0.29) is 24.0 Å². The average molecular weight is 436 g/mol. The summed E-state index contributed by atoms with van der Waals surface area (Å²) >= 11 is 3.77. The molecule has 3 heterocycles. The molecule has 2 nitrogen and oxygen atoms in total. The molecule has 2 aromatic carbocycles. The van der Waals surface area contributed by atoms with E-state index in [1.807, 2.05) is 23.1 Å². The Morgan fingerprint density at radius 1 is 1.00 bits per heavy atom. The van der Waals surface area contributed by atoms with Crippen molar-refractivity contribution in [3.63, 3.8) is 0 Å². The zero-order valence-corrected chi connectivity index (χ0v) is 15.5. The maximum absolute atomic E-state index is 2.45. The molecule has 0 fully saturated rings. The van der Waals surface area contributed by atoms with Gasteiger partial charge in [-0.25, -0.2) is 0 Å². The van der Waals surface area contributed by atoms with Crippen molar-refractivity contribution >= 4 is 45.1 Å². The Labute approximate surface area is 154 Å². The molecule has 2 aliphatic heterocycles. The van der Waals surface area contributed by atoms with Gasteiger partial charge in [0.2, 0.25) is 5.52 Å². The Kier molecular flexibility index (Phi) is 3.66. The van der Waals surface area contributed by atoms with Crippen LogP contribution in [0.5, 0.6) is 0 Å². The molecule has 2 aliphatic rings. The van der Waals surface area contributed by atoms with Crippen LogP contribution >= 0.6 is 23.1 Å². The lowest BCUT2D eigenvalue weighted by molar-refractivity contribution is -0.665. The highest BCUT2D eigenvalue weighted by Crippen LogP contribution is 2.47. The topological polar surface area (TPSA) is 7.12 Å². The molecule has 110 valence electrons. The summed E-state index contributed by atoms with van der Waals surface area (Å²) in [4.78, 5) is 3.83. The monoisotopic (exact) mass is 436 g/mol. The van der Waals surface area contributed by atoms with Gasteiger partial charge >= 0.3 is 0 Å². The zero-order valence-electron chi connectivity index (χ0n) is 11.7. The third-order valence-corrected chi connectivity index (χ3v) is 6.29. The van der Waals surface area contributed by atoms with Crippen LogP contribution in [0.25, 0.3) is 16.3 Å². The van der Waals surface area contributed by atoms with Crippen molar-refractivity contribution in [2.24, 2.45) is 0 Å². The van der Waals surface area contributed by atoms with E-state index in [9.17, 15) is 0 Å². The Hall–Kier alpha value is -1.05. The number of anilines is 1. The standard InChI is InChI=1S/C17H13N2S2.HI/c1-3-7-14-12(5-1)18-9-10-19-13-6-2-4-8-15(13)21-17(19)11-16(18)20-14;/h1-8,11H,9-10H2;1H/q+1;/p-1. The lowest BCUT2D eigenvalue weighted by Crippen LogP contribution is -3.00. The number of nitrogens with zero attached hydrogens (tertiary/aromatic N) is 2. The molecule has 1 aromatic heterocycles. The van der Waals surface area contributed by atoms with Crippen LogP contribution in [0, 0.1) is 0 Å². The van der Waals surface area contributed by atoms with Gasteiger partial charge in [0.05, 0.1) is 23.3 Å². The Bertz CT molecular complexity index is 901. The molecular weight excluding hydrogens is 423 g/mol.